The first-order valence-corrected chi connectivity index (χ1v) is 9.42. The molecule has 27 heavy (non-hydrogen) atoms. The minimum absolute atomic E-state index is 0.00609. The molecule has 0 saturated heterocycles. The van der Waals surface area contributed by atoms with Crippen molar-refractivity contribution in [2.75, 3.05) is 17.2 Å². The maximum atomic E-state index is 12.7. The highest BCUT2D eigenvalue weighted by molar-refractivity contribution is 7.99. The van der Waals surface area contributed by atoms with Gasteiger partial charge < -0.3 is 4.57 Å². The Hall–Kier alpha value is -3.18. The second-order valence-corrected chi connectivity index (χ2v) is 6.49. The highest BCUT2D eigenvalue weighted by Crippen LogP contribution is 2.24. The Bertz CT molecular complexity index is 936. The summed E-state index contributed by atoms with van der Waals surface area (Å²) in [5, 5.41) is 18.2. The Morgan fingerprint density at radius 2 is 1.93 bits per heavy atom. The molecule has 3 rings (SSSR count). The highest BCUT2D eigenvalue weighted by Gasteiger charge is 2.18. The zero-order valence-electron chi connectivity index (χ0n) is 14.8. The monoisotopic (exact) mass is 378 g/mol. The van der Waals surface area contributed by atoms with Crippen molar-refractivity contribution >= 4 is 23.4 Å². The number of amides is 1. The van der Waals surface area contributed by atoms with Gasteiger partial charge in [0, 0.05) is 30.2 Å². The summed E-state index contributed by atoms with van der Waals surface area (Å²) in [6, 6.07) is 15.0. The van der Waals surface area contributed by atoms with Gasteiger partial charge in [0.15, 0.2) is 11.0 Å². The number of hydrogen-bond donors (Lipinski definition) is 0. The molecule has 0 bridgehead atoms. The summed E-state index contributed by atoms with van der Waals surface area (Å²) in [6.45, 7) is 2.69. The van der Waals surface area contributed by atoms with Crippen LogP contribution >= 0.6 is 11.8 Å². The maximum absolute atomic E-state index is 12.7. The van der Waals surface area contributed by atoms with E-state index < -0.39 is 0 Å². The molecular formula is C19H18N6OS. The van der Waals surface area contributed by atoms with Crippen LogP contribution in [-0.2, 0) is 11.3 Å². The van der Waals surface area contributed by atoms with Crippen molar-refractivity contribution in [2.45, 2.75) is 18.6 Å². The van der Waals surface area contributed by atoms with E-state index in [0.717, 1.165) is 11.4 Å². The van der Waals surface area contributed by atoms with Gasteiger partial charge in [0.2, 0.25) is 5.91 Å². The van der Waals surface area contributed by atoms with Crippen molar-refractivity contribution < 1.29 is 4.79 Å². The van der Waals surface area contributed by atoms with E-state index in [-0.39, 0.29) is 18.2 Å². The lowest BCUT2D eigenvalue weighted by Crippen LogP contribution is -2.32. The van der Waals surface area contributed by atoms with E-state index in [2.05, 4.69) is 21.3 Å². The van der Waals surface area contributed by atoms with Gasteiger partial charge in [0.25, 0.3) is 0 Å². The molecule has 1 amide bonds. The summed E-state index contributed by atoms with van der Waals surface area (Å²) in [4.78, 5) is 18.2. The highest BCUT2D eigenvalue weighted by atomic mass is 32.2. The third-order valence-corrected chi connectivity index (χ3v) is 4.85. The van der Waals surface area contributed by atoms with Crippen LogP contribution < -0.4 is 4.90 Å². The van der Waals surface area contributed by atoms with Crippen LogP contribution in [0, 0.1) is 11.3 Å². The number of carbonyl (C=O) groups excluding carboxylic acids is 1. The second-order valence-electron chi connectivity index (χ2n) is 5.55. The van der Waals surface area contributed by atoms with E-state index in [4.69, 9.17) is 5.26 Å². The fourth-order valence-electron chi connectivity index (χ4n) is 2.60. The number of benzene rings is 1. The van der Waals surface area contributed by atoms with Crippen LogP contribution in [0.2, 0.25) is 0 Å². The van der Waals surface area contributed by atoms with Crippen LogP contribution in [-0.4, -0.2) is 38.0 Å². The lowest BCUT2D eigenvalue weighted by molar-refractivity contribution is -0.116. The average Bonchev–Trinajstić information content (AvgIpc) is 3.14. The minimum atomic E-state index is -0.149. The van der Waals surface area contributed by atoms with Gasteiger partial charge in [0.05, 0.1) is 11.8 Å². The van der Waals surface area contributed by atoms with E-state index in [0.29, 0.717) is 17.4 Å². The van der Waals surface area contributed by atoms with Crippen LogP contribution in [0.5, 0.6) is 0 Å². The number of carbonyl (C=O) groups is 1. The fraction of sp³-hybridized carbons (Fsp3) is 0.211. The molecule has 136 valence electrons. The molecule has 0 spiro atoms. The summed E-state index contributed by atoms with van der Waals surface area (Å²) in [7, 11) is 0. The molecular weight excluding hydrogens is 360 g/mol. The van der Waals surface area contributed by atoms with Crippen molar-refractivity contribution in [3.05, 3.63) is 54.9 Å². The van der Waals surface area contributed by atoms with E-state index in [1.165, 1.54) is 16.7 Å². The number of aromatic nitrogens is 4. The van der Waals surface area contributed by atoms with Gasteiger partial charge in [-0.3, -0.25) is 14.7 Å². The standard InChI is InChI=1S/C19H18N6OS/c1-2-24-18(15-8-11-21-12-9-15)22-23-19(24)27-14-17(26)25(13-10-20)16-6-4-3-5-7-16/h3-9,11-12H,2,13-14H2,1H3. The van der Waals surface area contributed by atoms with E-state index in [1.807, 2.05) is 54.0 Å². The van der Waals surface area contributed by atoms with E-state index >= 15 is 0 Å². The van der Waals surface area contributed by atoms with Crippen molar-refractivity contribution in [3.8, 4) is 17.5 Å². The van der Waals surface area contributed by atoms with Crippen molar-refractivity contribution in [2.24, 2.45) is 0 Å². The number of hydrogen-bond acceptors (Lipinski definition) is 6. The van der Waals surface area contributed by atoms with Crippen LogP contribution in [0.4, 0.5) is 5.69 Å². The Kier molecular flexibility index (Phi) is 6.18. The molecule has 1 aromatic carbocycles. The zero-order valence-corrected chi connectivity index (χ0v) is 15.6. The first-order chi connectivity index (χ1) is 13.2. The first kappa shape index (κ1) is 18.6. The van der Waals surface area contributed by atoms with Crippen LogP contribution in [0.15, 0.2) is 60.0 Å². The molecule has 0 radical (unpaired) electrons. The summed E-state index contributed by atoms with van der Waals surface area (Å²) in [6.07, 6.45) is 3.42. The van der Waals surface area contributed by atoms with Gasteiger partial charge in [-0.05, 0) is 31.2 Å². The average molecular weight is 378 g/mol. The summed E-state index contributed by atoms with van der Waals surface area (Å²) in [5.41, 5.74) is 1.63. The summed E-state index contributed by atoms with van der Waals surface area (Å²) >= 11 is 1.32. The molecule has 0 atom stereocenters. The molecule has 0 aliphatic heterocycles. The topological polar surface area (TPSA) is 87.7 Å². The molecule has 0 saturated carbocycles. The first-order valence-electron chi connectivity index (χ1n) is 8.43. The Labute approximate surface area is 161 Å². The third-order valence-electron chi connectivity index (χ3n) is 3.89. The third kappa shape index (κ3) is 4.33. The molecule has 7 nitrogen and oxygen atoms in total. The fourth-order valence-corrected chi connectivity index (χ4v) is 3.48. The SMILES string of the molecule is CCn1c(SCC(=O)N(CC#N)c2ccccc2)nnc1-c1ccncc1. The quantitative estimate of drug-likeness (QED) is 0.464. The van der Waals surface area contributed by atoms with Crippen LogP contribution in [0.3, 0.4) is 0 Å². The van der Waals surface area contributed by atoms with Gasteiger partial charge in [-0.15, -0.1) is 10.2 Å². The molecule has 2 aromatic heterocycles. The summed E-state index contributed by atoms with van der Waals surface area (Å²) < 4.78 is 1.96. The van der Waals surface area contributed by atoms with Crippen molar-refractivity contribution in [1.82, 2.24) is 19.7 Å². The number of nitriles is 1. The van der Waals surface area contributed by atoms with E-state index in [1.54, 1.807) is 12.4 Å². The number of rotatable bonds is 7. The van der Waals surface area contributed by atoms with Gasteiger partial charge in [-0.2, -0.15) is 5.26 Å². The Morgan fingerprint density at radius 1 is 1.19 bits per heavy atom. The lowest BCUT2D eigenvalue weighted by atomic mass is 10.2. The van der Waals surface area contributed by atoms with Crippen LogP contribution in [0.1, 0.15) is 6.92 Å². The molecule has 0 unspecified atom stereocenters. The van der Waals surface area contributed by atoms with Crippen molar-refractivity contribution in [1.29, 1.82) is 5.26 Å². The van der Waals surface area contributed by atoms with E-state index in [9.17, 15) is 4.79 Å². The lowest BCUT2D eigenvalue weighted by Gasteiger charge is -2.19. The molecule has 8 heteroatoms. The molecule has 0 aliphatic rings. The summed E-state index contributed by atoms with van der Waals surface area (Å²) in [5.74, 6) is 0.765. The molecule has 3 aromatic rings. The Morgan fingerprint density at radius 3 is 2.59 bits per heavy atom. The number of pyridine rings is 1. The maximum Gasteiger partial charge on any atom is 0.238 e. The van der Waals surface area contributed by atoms with Crippen LogP contribution in [0.25, 0.3) is 11.4 Å². The molecule has 0 fully saturated rings. The number of nitrogens with zero attached hydrogens (tertiary/aromatic N) is 6. The van der Waals surface area contributed by atoms with Crippen molar-refractivity contribution in [3.63, 3.8) is 0 Å². The minimum Gasteiger partial charge on any atom is -0.302 e. The second kappa shape index (κ2) is 8.96. The van der Waals surface area contributed by atoms with Gasteiger partial charge in [-0.25, -0.2) is 0 Å². The van der Waals surface area contributed by atoms with Gasteiger partial charge in [-0.1, -0.05) is 30.0 Å². The predicted molar refractivity (Wildman–Crippen MR) is 104 cm³/mol. The largest absolute Gasteiger partial charge is 0.302 e. The number of thioether (sulfide) groups is 1. The molecule has 0 aliphatic carbocycles. The smallest absolute Gasteiger partial charge is 0.238 e. The Balaban J connectivity index is 1.75. The van der Waals surface area contributed by atoms with Gasteiger partial charge >= 0.3 is 0 Å². The predicted octanol–water partition coefficient (Wildman–Crippen LogP) is 3.01. The van der Waals surface area contributed by atoms with Gasteiger partial charge in [0.1, 0.15) is 6.54 Å². The number of anilines is 1. The number of para-hydroxylation sites is 1. The molecule has 0 N–H and O–H groups in total. The molecule has 2 heterocycles. The zero-order chi connectivity index (χ0) is 19.1. The normalized spacial score (nSPS) is 10.4.